The normalized spacial score (nSPS) is 14.1. The van der Waals surface area contributed by atoms with Crippen LogP contribution >= 0.6 is 0 Å². The van der Waals surface area contributed by atoms with E-state index in [-0.39, 0.29) is 18.2 Å². The van der Waals surface area contributed by atoms with Crippen molar-refractivity contribution in [1.29, 1.82) is 0 Å². The fraction of sp³-hybridized carbons (Fsp3) is 0.316. The van der Waals surface area contributed by atoms with Gasteiger partial charge in [0.05, 0.1) is 18.1 Å². The number of nitrogens with zero attached hydrogens (tertiary/aromatic N) is 2. The zero-order chi connectivity index (χ0) is 18.4. The van der Waals surface area contributed by atoms with Crippen molar-refractivity contribution < 1.29 is 19.2 Å². The van der Waals surface area contributed by atoms with Crippen molar-refractivity contribution >= 4 is 11.6 Å². The van der Waals surface area contributed by atoms with Gasteiger partial charge in [0.25, 0.3) is 11.6 Å². The monoisotopic (exact) mass is 356 g/mol. The van der Waals surface area contributed by atoms with E-state index in [2.05, 4.69) is 0 Å². The molecule has 0 radical (unpaired) electrons. The molecule has 0 N–H and O–H groups in total. The van der Waals surface area contributed by atoms with Crippen LogP contribution < -0.4 is 4.74 Å². The molecule has 0 atom stereocenters. The first kappa shape index (κ1) is 17.9. The Morgan fingerprint density at radius 2 is 1.88 bits per heavy atom. The van der Waals surface area contributed by atoms with Crippen LogP contribution in [0.2, 0.25) is 0 Å². The lowest BCUT2D eigenvalue weighted by molar-refractivity contribution is -0.384. The smallest absolute Gasteiger partial charge is 0.269 e. The summed E-state index contributed by atoms with van der Waals surface area (Å²) in [6.45, 7) is 2.07. The summed E-state index contributed by atoms with van der Waals surface area (Å²) < 4.78 is 10.9. The molecule has 7 heteroatoms. The Kier molecular flexibility index (Phi) is 5.80. The highest BCUT2D eigenvalue weighted by Gasteiger charge is 2.18. The number of nitro groups is 1. The molecule has 0 unspecified atom stereocenters. The van der Waals surface area contributed by atoms with Gasteiger partial charge in [-0.05, 0) is 11.6 Å². The van der Waals surface area contributed by atoms with E-state index in [0.29, 0.717) is 44.0 Å². The molecular formula is C19H20N2O5. The summed E-state index contributed by atoms with van der Waals surface area (Å²) in [5.74, 6) is 0.373. The predicted molar refractivity (Wildman–Crippen MR) is 95.2 cm³/mol. The van der Waals surface area contributed by atoms with E-state index in [1.165, 1.54) is 12.1 Å². The van der Waals surface area contributed by atoms with E-state index in [9.17, 15) is 14.9 Å². The van der Waals surface area contributed by atoms with Gasteiger partial charge in [0.2, 0.25) is 0 Å². The molecule has 3 rings (SSSR count). The van der Waals surface area contributed by atoms with Gasteiger partial charge in [-0.1, -0.05) is 30.3 Å². The Morgan fingerprint density at radius 1 is 1.15 bits per heavy atom. The van der Waals surface area contributed by atoms with Crippen LogP contribution in [0, 0.1) is 10.1 Å². The maximum atomic E-state index is 12.3. The molecule has 2 aromatic rings. The SMILES string of the molecule is O=C(COc1ccc([N+](=O)[O-])cc1Cc1ccccc1)N1CCOCC1. The van der Waals surface area contributed by atoms with Crippen LogP contribution in [0.15, 0.2) is 48.5 Å². The average molecular weight is 356 g/mol. The Hall–Kier alpha value is -2.93. The first-order valence-corrected chi connectivity index (χ1v) is 8.43. The summed E-state index contributed by atoms with van der Waals surface area (Å²) in [6.07, 6.45) is 0.490. The summed E-state index contributed by atoms with van der Waals surface area (Å²) in [7, 11) is 0. The van der Waals surface area contributed by atoms with E-state index < -0.39 is 4.92 Å². The zero-order valence-electron chi connectivity index (χ0n) is 14.3. The first-order chi connectivity index (χ1) is 12.6. The summed E-state index contributed by atoms with van der Waals surface area (Å²) in [6, 6.07) is 14.1. The Morgan fingerprint density at radius 3 is 2.58 bits per heavy atom. The quantitative estimate of drug-likeness (QED) is 0.586. The molecular weight excluding hydrogens is 336 g/mol. The fourth-order valence-corrected chi connectivity index (χ4v) is 2.82. The Balaban J connectivity index is 1.74. The topological polar surface area (TPSA) is 81.9 Å². The molecule has 136 valence electrons. The van der Waals surface area contributed by atoms with E-state index in [1.54, 1.807) is 11.0 Å². The van der Waals surface area contributed by atoms with Crippen LogP contribution in [0.1, 0.15) is 11.1 Å². The highest BCUT2D eigenvalue weighted by atomic mass is 16.6. The van der Waals surface area contributed by atoms with E-state index in [0.717, 1.165) is 5.56 Å². The number of nitro benzene ring substituents is 1. The molecule has 1 amide bonds. The van der Waals surface area contributed by atoms with Crippen LogP contribution in [0.25, 0.3) is 0 Å². The van der Waals surface area contributed by atoms with Crippen LogP contribution in [-0.2, 0) is 16.0 Å². The summed E-state index contributed by atoms with van der Waals surface area (Å²) in [5, 5.41) is 11.1. The van der Waals surface area contributed by atoms with Gasteiger partial charge in [0, 0.05) is 37.2 Å². The lowest BCUT2D eigenvalue weighted by Gasteiger charge is -2.26. The van der Waals surface area contributed by atoms with Crippen molar-refractivity contribution in [3.05, 3.63) is 69.8 Å². The fourth-order valence-electron chi connectivity index (χ4n) is 2.82. The molecule has 0 saturated carbocycles. The van der Waals surface area contributed by atoms with Gasteiger partial charge in [0.1, 0.15) is 5.75 Å². The molecule has 0 bridgehead atoms. The maximum Gasteiger partial charge on any atom is 0.269 e. The molecule has 0 spiro atoms. The minimum Gasteiger partial charge on any atom is -0.483 e. The summed E-state index contributed by atoms with van der Waals surface area (Å²) in [4.78, 5) is 24.6. The second-order valence-corrected chi connectivity index (χ2v) is 5.99. The number of rotatable bonds is 6. The van der Waals surface area contributed by atoms with Crippen molar-refractivity contribution in [3.8, 4) is 5.75 Å². The number of hydrogen-bond acceptors (Lipinski definition) is 5. The van der Waals surface area contributed by atoms with E-state index in [4.69, 9.17) is 9.47 Å². The molecule has 1 saturated heterocycles. The van der Waals surface area contributed by atoms with Crippen molar-refractivity contribution in [2.45, 2.75) is 6.42 Å². The van der Waals surface area contributed by atoms with E-state index in [1.807, 2.05) is 30.3 Å². The Labute approximate surface area is 151 Å². The molecule has 1 aliphatic heterocycles. The number of morpholine rings is 1. The van der Waals surface area contributed by atoms with Crippen molar-refractivity contribution in [2.75, 3.05) is 32.9 Å². The lowest BCUT2D eigenvalue weighted by Crippen LogP contribution is -2.43. The number of hydrogen-bond donors (Lipinski definition) is 0. The second-order valence-electron chi connectivity index (χ2n) is 5.99. The van der Waals surface area contributed by atoms with Gasteiger partial charge in [-0.2, -0.15) is 0 Å². The number of benzene rings is 2. The summed E-state index contributed by atoms with van der Waals surface area (Å²) >= 11 is 0. The van der Waals surface area contributed by atoms with Gasteiger partial charge < -0.3 is 14.4 Å². The minimum absolute atomic E-state index is 0.00258. The van der Waals surface area contributed by atoms with Crippen molar-refractivity contribution in [3.63, 3.8) is 0 Å². The highest BCUT2D eigenvalue weighted by Crippen LogP contribution is 2.26. The number of amides is 1. The van der Waals surface area contributed by atoms with Crippen LogP contribution in [0.5, 0.6) is 5.75 Å². The molecule has 0 aliphatic carbocycles. The molecule has 26 heavy (non-hydrogen) atoms. The van der Waals surface area contributed by atoms with Crippen molar-refractivity contribution in [2.24, 2.45) is 0 Å². The summed E-state index contributed by atoms with van der Waals surface area (Å²) in [5.41, 5.74) is 1.69. The van der Waals surface area contributed by atoms with Gasteiger partial charge in [-0.15, -0.1) is 0 Å². The number of carbonyl (C=O) groups is 1. The zero-order valence-corrected chi connectivity index (χ0v) is 14.3. The van der Waals surface area contributed by atoms with Crippen LogP contribution in [-0.4, -0.2) is 48.6 Å². The molecule has 7 nitrogen and oxygen atoms in total. The third-order valence-corrected chi connectivity index (χ3v) is 4.21. The first-order valence-electron chi connectivity index (χ1n) is 8.43. The highest BCUT2D eigenvalue weighted by molar-refractivity contribution is 5.78. The van der Waals surface area contributed by atoms with Gasteiger partial charge in [-0.3, -0.25) is 14.9 Å². The van der Waals surface area contributed by atoms with Crippen LogP contribution in [0.4, 0.5) is 5.69 Å². The number of carbonyl (C=O) groups excluding carboxylic acids is 1. The Bertz CT molecular complexity index is 773. The minimum atomic E-state index is -0.433. The van der Waals surface area contributed by atoms with Crippen molar-refractivity contribution in [1.82, 2.24) is 4.90 Å². The standard InChI is InChI=1S/C19H20N2O5/c22-19(20-8-10-25-11-9-20)14-26-18-7-6-17(21(23)24)13-16(18)12-15-4-2-1-3-5-15/h1-7,13H,8-12,14H2. The van der Waals surface area contributed by atoms with Crippen LogP contribution in [0.3, 0.4) is 0 Å². The maximum absolute atomic E-state index is 12.3. The molecule has 1 fully saturated rings. The average Bonchev–Trinajstić information content (AvgIpc) is 2.68. The number of ether oxygens (including phenoxy) is 2. The van der Waals surface area contributed by atoms with Gasteiger partial charge >= 0.3 is 0 Å². The van der Waals surface area contributed by atoms with Gasteiger partial charge in [0.15, 0.2) is 6.61 Å². The van der Waals surface area contributed by atoms with E-state index >= 15 is 0 Å². The van der Waals surface area contributed by atoms with Gasteiger partial charge in [-0.25, -0.2) is 0 Å². The molecule has 2 aromatic carbocycles. The molecule has 1 heterocycles. The number of non-ortho nitro benzene ring substituents is 1. The largest absolute Gasteiger partial charge is 0.483 e. The lowest BCUT2D eigenvalue weighted by atomic mass is 10.0. The predicted octanol–water partition coefficient (Wildman–Crippen LogP) is 2.42. The second kappa shape index (κ2) is 8.44. The molecule has 1 aliphatic rings. The third kappa shape index (κ3) is 4.58. The molecule has 0 aromatic heterocycles. The third-order valence-electron chi connectivity index (χ3n) is 4.21.